The molecule has 5 heteroatoms. The van der Waals surface area contributed by atoms with Gasteiger partial charge in [0.1, 0.15) is 0 Å². The zero-order valence-corrected chi connectivity index (χ0v) is 18.0. The van der Waals surface area contributed by atoms with Crippen molar-refractivity contribution in [3.8, 4) is 0 Å². The summed E-state index contributed by atoms with van der Waals surface area (Å²) in [4.78, 5) is 12.0. The number of hydrogen-bond acceptors (Lipinski definition) is 4. The maximum Gasteiger partial charge on any atom is 0.331 e. The van der Waals surface area contributed by atoms with E-state index in [2.05, 4.69) is 52.1 Å². The first-order chi connectivity index (χ1) is 12.2. The predicted molar refractivity (Wildman–Crippen MR) is 108 cm³/mol. The van der Waals surface area contributed by atoms with Crippen LogP contribution in [0.2, 0.25) is 18.1 Å². The highest BCUT2D eigenvalue weighted by Gasteiger charge is 2.37. The predicted octanol–water partition coefficient (Wildman–Crippen LogP) is 4.73. The second-order valence-electron chi connectivity index (χ2n) is 8.22. The van der Waals surface area contributed by atoms with Gasteiger partial charge >= 0.3 is 5.97 Å². The Morgan fingerprint density at radius 2 is 2.04 bits per heavy atom. The fraction of sp³-hybridized carbons (Fsp3) is 0.571. The summed E-state index contributed by atoms with van der Waals surface area (Å²) in [5.41, 5.74) is 4.30. The second kappa shape index (κ2) is 8.50. The number of carbonyl (C=O) groups is 1. The van der Waals surface area contributed by atoms with Crippen LogP contribution in [-0.4, -0.2) is 34.1 Å². The van der Waals surface area contributed by atoms with Gasteiger partial charge in [-0.1, -0.05) is 39.0 Å². The Bertz CT molecular complexity index is 671. The fourth-order valence-electron chi connectivity index (χ4n) is 2.75. The van der Waals surface area contributed by atoms with E-state index in [0.29, 0.717) is 26.4 Å². The third-order valence-corrected chi connectivity index (χ3v) is 9.78. The van der Waals surface area contributed by atoms with Gasteiger partial charge in [0.05, 0.1) is 26.4 Å². The molecule has 1 aromatic rings. The van der Waals surface area contributed by atoms with Crippen molar-refractivity contribution in [1.82, 2.24) is 0 Å². The van der Waals surface area contributed by atoms with Crippen LogP contribution in [0.5, 0.6) is 0 Å². The van der Waals surface area contributed by atoms with Crippen molar-refractivity contribution < 1.29 is 18.7 Å². The number of fused-ring (bicyclic) bond motifs is 1. The first kappa shape index (κ1) is 20.9. The van der Waals surface area contributed by atoms with Crippen molar-refractivity contribution >= 4 is 19.9 Å². The van der Waals surface area contributed by atoms with Crippen LogP contribution in [0.15, 0.2) is 24.3 Å². The molecule has 0 radical (unpaired) electrons. The second-order valence-corrected chi connectivity index (χ2v) is 13.0. The first-order valence-corrected chi connectivity index (χ1v) is 12.3. The molecule has 1 aliphatic rings. The Morgan fingerprint density at radius 1 is 1.31 bits per heavy atom. The van der Waals surface area contributed by atoms with E-state index >= 15 is 0 Å². The minimum absolute atomic E-state index is 0.158. The van der Waals surface area contributed by atoms with Crippen molar-refractivity contribution in [3.05, 3.63) is 41.0 Å². The zero-order chi connectivity index (χ0) is 19.4. The molecule has 0 spiro atoms. The lowest BCUT2D eigenvalue weighted by atomic mass is 9.93. The highest BCUT2D eigenvalue weighted by molar-refractivity contribution is 6.74. The van der Waals surface area contributed by atoms with Gasteiger partial charge in [-0.2, -0.15) is 0 Å². The maximum absolute atomic E-state index is 12.0. The van der Waals surface area contributed by atoms with E-state index in [9.17, 15) is 4.79 Å². The van der Waals surface area contributed by atoms with E-state index < -0.39 is 8.32 Å². The van der Waals surface area contributed by atoms with E-state index in [1.54, 1.807) is 6.08 Å². The van der Waals surface area contributed by atoms with Crippen LogP contribution in [0.4, 0.5) is 0 Å². The summed E-state index contributed by atoms with van der Waals surface area (Å²) >= 11 is 0. The van der Waals surface area contributed by atoms with Crippen LogP contribution in [0, 0.1) is 0 Å². The van der Waals surface area contributed by atoms with Crippen LogP contribution in [0.1, 0.15) is 44.4 Å². The summed E-state index contributed by atoms with van der Waals surface area (Å²) in [7, 11) is -1.85. The molecule has 0 unspecified atom stereocenters. The molecule has 0 N–H and O–H groups in total. The Hall–Kier alpha value is -1.43. The fourth-order valence-corrected chi connectivity index (χ4v) is 3.69. The van der Waals surface area contributed by atoms with E-state index in [1.807, 2.05) is 6.92 Å². The van der Waals surface area contributed by atoms with Gasteiger partial charge in [-0.05, 0) is 53.7 Å². The third kappa shape index (κ3) is 5.06. The monoisotopic (exact) mass is 376 g/mol. The van der Waals surface area contributed by atoms with Gasteiger partial charge in [-0.15, -0.1) is 0 Å². The topological polar surface area (TPSA) is 44.8 Å². The maximum atomic E-state index is 12.0. The van der Waals surface area contributed by atoms with Gasteiger partial charge in [0.15, 0.2) is 8.32 Å². The van der Waals surface area contributed by atoms with Crippen LogP contribution >= 0.6 is 0 Å². The molecule has 0 atom stereocenters. The summed E-state index contributed by atoms with van der Waals surface area (Å²) in [6.45, 7) is 15.0. The highest BCUT2D eigenvalue weighted by atomic mass is 28.4. The van der Waals surface area contributed by atoms with Gasteiger partial charge in [0.25, 0.3) is 0 Å². The van der Waals surface area contributed by atoms with E-state index in [0.717, 1.165) is 23.1 Å². The molecule has 4 nitrogen and oxygen atoms in total. The average Bonchev–Trinajstić information content (AvgIpc) is 2.75. The third-order valence-electron chi connectivity index (χ3n) is 5.30. The van der Waals surface area contributed by atoms with Crippen LogP contribution in [-0.2, 0) is 31.7 Å². The molecule has 0 fully saturated rings. The van der Waals surface area contributed by atoms with Crippen LogP contribution in [0.3, 0.4) is 0 Å². The number of rotatable bonds is 5. The summed E-state index contributed by atoms with van der Waals surface area (Å²) in [6.07, 6.45) is 2.41. The molecule has 1 aromatic carbocycles. The summed E-state index contributed by atoms with van der Waals surface area (Å²) in [5, 5.41) is 0.158. The number of benzene rings is 1. The number of ether oxygens (including phenoxy) is 2. The number of carbonyl (C=O) groups excluding carboxylic acids is 1. The SMILES string of the molecule is CCOC(=O)/C=C1\COCCc2cccc(CO[Si](C)(C)C(C)(C)C)c21. The molecule has 0 aromatic heterocycles. The van der Waals surface area contributed by atoms with E-state index in [-0.39, 0.29) is 11.0 Å². The summed E-state index contributed by atoms with van der Waals surface area (Å²) in [5.74, 6) is -0.320. The van der Waals surface area contributed by atoms with Crippen molar-refractivity contribution in [2.75, 3.05) is 19.8 Å². The highest BCUT2D eigenvalue weighted by Crippen LogP contribution is 2.38. The summed E-state index contributed by atoms with van der Waals surface area (Å²) in [6, 6.07) is 6.27. The van der Waals surface area contributed by atoms with Gasteiger partial charge in [-0.3, -0.25) is 0 Å². The van der Waals surface area contributed by atoms with Crippen molar-refractivity contribution in [2.45, 2.75) is 58.9 Å². The molecule has 0 saturated carbocycles. The van der Waals surface area contributed by atoms with Gasteiger partial charge in [-0.25, -0.2) is 4.79 Å². The molecule has 0 aliphatic carbocycles. The average molecular weight is 377 g/mol. The van der Waals surface area contributed by atoms with Crippen molar-refractivity contribution in [3.63, 3.8) is 0 Å². The Balaban J connectivity index is 2.36. The van der Waals surface area contributed by atoms with Crippen LogP contribution < -0.4 is 0 Å². The Morgan fingerprint density at radius 3 is 2.69 bits per heavy atom. The lowest BCUT2D eigenvalue weighted by molar-refractivity contribution is -0.137. The minimum atomic E-state index is -1.85. The molecule has 1 aliphatic heterocycles. The molecule has 144 valence electrons. The van der Waals surface area contributed by atoms with E-state index in [4.69, 9.17) is 13.9 Å². The standard InChI is InChI=1S/C21H32O4Si/c1-7-24-19(22)13-18-14-23-12-11-16-9-8-10-17(20(16)18)15-25-26(5,6)21(2,3)4/h8-10,13H,7,11-12,14-15H2,1-6H3/b18-13+. The molecule has 1 heterocycles. The molecule has 0 amide bonds. The smallest absolute Gasteiger partial charge is 0.331 e. The first-order valence-electron chi connectivity index (χ1n) is 9.36. The molecule has 2 rings (SSSR count). The van der Waals surface area contributed by atoms with Crippen molar-refractivity contribution in [1.29, 1.82) is 0 Å². The van der Waals surface area contributed by atoms with Gasteiger partial charge in [0, 0.05) is 6.08 Å². The molecule has 0 saturated heterocycles. The van der Waals surface area contributed by atoms with Gasteiger partial charge in [0.2, 0.25) is 0 Å². The normalized spacial score (nSPS) is 16.9. The molecular formula is C21H32O4Si. The van der Waals surface area contributed by atoms with Crippen molar-refractivity contribution in [2.24, 2.45) is 0 Å². The lowest BCUT2D eigenvalue weighted by Gasteiger charge is -2.36. The largest absolute Gasteiger partial charge is 0.463 e. The number of hydrogen-bond donors (Lipinski definition) is 0. The Kier molecular flexibility index (Phi) is 6.83. The molecule has 0 bridgehead atoms. The molecule has 26 heavy (non-hydrogen) atoms. The van der Waals surface area contributed by atoms with Crippen LogP contribution in [0.25, 0.3) is 5.57 Å². The molecular weight excluding hydrogens is 344 g/mol. The van der Waals surface area contributed by atoms with E-state index in [1.165, 1.54) is 5.56 Å². The zero-order valence-electron chi connectivity index (χ0n) is 17.0. The summed E-state index contributed by atoms with van der Waals surface area (Å²) < 4.78 is 17.3. The van der Waals surface area contributed by atoms with Gasteiger partial charge < -0.3 is 13.9 Å². The minimum Gasteiger partial charge on any atom is -0.463 e. The quantitative estimate of drug-likeness (QED) is 0.423. The lowest BCUT2D eigenvalue weighted by Crippen LogP contribution is -2.40. The Labute approximate surface area is 158 Å². The number of esters is 1.